The number of hydrogen-bond acceptors (Lipinski definition) is 2. The number of ether oxygens (including phenoxy) is 1. The first-order valence-electron chi connectivity index (χ1n) is 5.97. The first-order valence-corrected chi connectivity index (χ1v) is 5.97. The molecule has 0 saturated carbocycles. The first-order chi connectivity index (χ1) is 9.11. The van der Waals surface area contributed by atoms with Crippen molar-refractivity contribution in [2.45, 2.75) is 20.1 Å². The topological polar surface area (TPSA) is 35.2 Å². The van der Waals surface area contributed by atoms with Gasteiger partial charge in [0.15, 0.2) is 0 Å². The first kappa shape index (κ1) is 13.5. The molecule has 0 aliphatic heterocycles. The highest BCUT2D eigenvalue weighted by Crippen LogP contribution is 2.21. The molecular formula is C15H15F2NO. The predicted octanol–water partition coefficient (Wildman–Crippen LogP) is 3.31. The fraction of sp³-hybridized carbons (Fsp3) is 0.200. The van der Waals surface area contributed by atoms with Gasteiger partial charge in [0, 0.05) is 23.7 Å². The molecule has 0 spiro atoms. The molecule has 2 aromatic rings. The molecular weight excluding hydrogens is 248 g/mol. The summed E-state index contributed by atoms with van der Waals surface area (Å²) in [6, 6.07) is 9.26. The van der Waals surface area contributed by atoms with Gasteiger partial charge >= 0.3 is 0 Å². The van der Waals surface area contributed by atoms with Crippen LogP contribution in [0.25, 0.3) is 0 Å². The highest BCUT2D eigenvalue weighted by Gasteiger charge is 2.08. The van der Waals surface area contributed by atoms with Crippen LogP contribution in [0.5, 0.6) is 5.75 Å². The smallest absolute Gasteiger partial charge is 0.134 e. The third kappa shape index (κ3) is 3.09. The lowest BCUT2D eigenvalue weighted by atomic mass is 10.1. The molecule has 0 aromatic heterocycles. The number of halogens is 2. The molecule has 0 aliphatic rings. The van der Waals surface area contributed by atoms with E-state index in [1.165, 1.54) is 12.1 Å². The fourth-order valence-corrected chi connectivity index (χ4v) is 1.79. The molecule has 4 heteroatoms. The van der Waals surface area contributed by atoms with Gasteiger partial charge in [-0.25, -0.2) is 8.78 Å². The zero-order valence-corrected chi connectivity index (χ0v) is 10.6. The lowest BCUT2D eigenvalue weighted by molar-refractivity contribution is 0.296. The van der Waals surface area contributed by atoms with Crippen molar-refractivity contribution in [3.05, 3.63) is 64.7 Å². The lowest BCUT2D eigenvalue weighted by Gasteiger charge is -2.11. The SMILES string of the molecule is Cc1ccc(F)cc1OCc1cccc(CN)c1F. The summed E-state index contributed by atoms with van der Waals surface area (Å²) in [6.07, 6.45) is 0. The Morgan fingerprint density at radius 1 is 1.11 bits per heavy atom. The molecule has 0 unspecified atom stereocenters. The van der Waals surface area contributed by atoms with E-state index < -0.39 is 0 Å². The molecule has 0 atom stereocenters. The van der Waals surface area contributed by atoms with Crippen molar-refractivity contribution in [2.24, 2.45) is 5.73 Å². The van der Waals surface area contributed by atoms with E-state index in [1.807, 2.05) is 0 Å². The Labute approximate surface area is 110 Å². The van der Waals surface area contributed by atoms with E-state index in [1.54, 1.807) is 31.2 Å². The average molecular weight is 263 g/mol. The van der Waals surface area contributed by atoms with E-state index in [-0.39, 0.29) is 24.8 Å². The highest BCUT2D eigenvalue weighted by atomic mass is 19.1. The fourth-order valence-electron chi connectivity index (χ4n) is 1.79. The molecule has 2 aromatic carbocycles. The normalized spacial score (nSPS) is 10.5. The van der Waals surface area contributed by atoms with E-state index in [0.717, 1.165) is 5.56 Å². The lowest BCUT2D eigenvalue weighted by Crippen LogP contribution is -2.05. The number of benzene rings is 2. The van der Waals surface area contributed by atoms with Gasteiger partial charge in [-0.1, -0.05) is 24.3 Å². The summed E-state index contributed by atoms with van der Waals surface area (Å²) in [7, 11) is 0. The summed E-state index contributed by atoms with van der Waals surface area (Å²) in [5.41, 5.74) is 7.09. The van der Waals surface area contributed by atoms with Crippen LogP contribution < -0.4 is 10.5 Å². The summed E-state index contributed by atoms with van der Waals surface area (Å²) in [4.78, 5) is 0. The minimum atomic E-state index is -0.378. The Kier molecular flexibility index (Phi) is 4.12. The van der Waals surface area contributed by atoms with Crippen LogP contribution in [0.3, 0.4) is 0 Å². The van der Waals surface area contributed by atoms with Crippen LogP contribution in [-0.2, 0) is 13.2 Å². The summed E-state index contributed by atoms with van der Waals surface area (Å²) in [5, 5.41) is 0. The molecule has 0 aliphatic carbocycles. The Morgan fingerprint density at radius 3 is 2.58 bits per heavy atom. The minimum Gasteiger partial charge on any atom is -0.488 e. The van der Waals surface area contributed by atoms with Gasteiger partial charge in [0.05, 0.1) is 0 Å². The molecule has 19 heavy (non-hydrogen) atoms. The van der Waals surface area contributed by atoms with E-state index in [2.05, 4.69) is 0 Å². The van der Waals surface area contributed by atoms with Crippen molar-refractivity contribution in [1.82, 2.24) is 0 Å². The maximum absolute atomic E-state index is 13.9. The van der Waals surface area contributed by atoms with Gasteiger partial charge in [0.2, 0.25) is 0 Å². The minimum absolute atomic E-state index is 0.0456. The molecule has 0 heterocycles. The molecule has 2 rings (SSSR count). The van der Waals surface area contributed by atoms with Gasteiger partial charge < -0.3 is 10.5 Å². The monoisotopic (exact) mass is 263 g/mol. The molecule has 0 fully saturated rings. The van der Waals surface area contributed by atoms with Gasteiger partial charge in [-0.2, -0.15) is 0 Å². The molecule has 0 radical (unpaired) electrons. The van der Waals surface area contributed by atoms with Crippen LogP contribution in [0.1, 0.15) is 16.7 Å². The molecule has 2 N–H and O–H groups in total. The van der Waals surface area contributed by atoms with Crippen LogP contribution >= 0.6 is 0 Å². The van der Waals surface area contributed by atoms with Crippen LogP contribution in [0.2, 0.25) is 0 Å². The number of hydrogen-bond donors (Lipinski definition) is 1. The van der Waals surface area contributed by atoms with Crippen molar-refractivity contribution in [1.29, 1.82) is 0 Å². The van der Waals surface area contributed by atoms with Crippen molar-refractivity contribution >= 4 is 0 Å². The Bertz CT molecular complexity index is 584. The van der Waals surface area contributed by atoms with Crippen molar-refractivity contribution in [3.8, 4) is 5.75 Å². The summed E-state index contributed by atoms with van der Waals surface area (Å²) in [6.45, 7) is 1.99. The van der Waals surface area contributed by atoms with Crippen LogP contribution in [0.15, 0.2) is 36.4 Å². The van der Waals surface area contributed by atoms with Crippen molar-refractivity contribution < 1.29 is 13.5 Å². The van der Waals surface area contributed by atoms with E-state index in [9.17, 15) is 8.78 Å². The second kappa shape index (κ2) is 5.80. The van der Waals surface area contributed by atoms with Gasteiger partial charge in [-0.15, -0.1) is 0 Å². The average Bonchev–Trinajstić information content (AvgIpc) is 2.41. The Balaban J connectivity index is 2.17. The zero-order chi connectivity index (χ0) is 13.8. The zero-order valence-electron chi connectivity index (χ0n) is 10.6. The second-order valence-electron chi connectivity index (χ2n) is 4.29. The molecule has 2 nitrogen and oxygen atoms in total. The van der Waals surface area contributed by atoms with Gasteiger partial charge in [0.1, 0.15) is 24.0 Å². The molecule has 0 amide bonds. The number of aryl methyl sites for hydroxylation is 1. The van der Waals surface area contributed by atoms with Crippen LogP contribution in [-0.4, -0.2) is 0 Å². The van der Waals surface area contributed by atoms with E-state index in [0.29, 0.717) is 16.9 Å². The van der Waals surface area contributed by atoms with Crippen molar-refractivity contribution in [3.63, 3.8) is 0 Å². The maximum atomic E-state index is 13.9. The second-order valence-corrected chi connectivity index (χ2v) is 4.29. The quantitative estimate of drug-likeness (QED) is 0.918. The maximum Gasteiger partial charge on any atom is 0.134 e. The molecule has 100 valence electrons. The van der Waals surface area contributed by atoms with Crippen LogP contribution in [0.4, 0.5) is 8.78 Å². The largest absolute Gasteiger partial charge is 0.488 e. The number of rotatable bonds is 4. The number of nitrogens with two attached hydrogens (primary N) is 1. The van der Waals surface area contributed by atoms with E-state index >= 15 is 0 Å². The Hall–Kier alpha value is -1.94. The van der Waals surface area contributed by atoms with Gasteiger partial charge in [-0.3, -0.25) is 0 Å². The summed E-state index contributed by atoms with van der Waals surface area (Å²) in [5.74, 6) is -0.326. The summed E-state index contributed by atoms with van der Waals surface area (Å²) < 4.78 is 32.5. The third-order valence-electron chi connectivity index (χ3n) is 2.91. The summed E-state index contributed by atoms with van der Waals surface area (Å²) >= 11 is 0. The van der Waals surface area contributed by atoms with Gasteiger partial charge in [-0.05, 0) is 18.6 Å². The van der Waals surface area contributed by atoms with Gasteiger partial charge in [0.25, 0.3) is 0 Å². The molecule has 0 bridgehead atoms. The van der Waals surface area contributed by atoms with Crippen molar-refractivity contribution in [2.75, 3.05) is 0 Å². The predicted molar refractivity (Wildman–Crippen MR) is 69.8 cm³/mol. The Morgan fingerprint density at radius 2 is 1.84 bits per heavy atom. The molecule has 0 saturated heterocycles. The van der Waals surface area contributed by atoms with Crippen LogP contribution in [0, 0.1) is 18.6 Å². The third-order valence-corrected chi connectivity index (χ3v) is 2.91. The van der Waals surface area contributed by atoms with E-state index in [4.69, 9.17) is 10.5 Å². The highest BCUT2D eigenvalue weighted by molar-refractivity contribution is 5.33. The standard InChI is InChI=1S/C15H15F2NO/c1-10-5-6-13(16)7-14(10)19-9-12-4-2-3-11(8-18)15(12)17/h2-7H,8-9,18H2,1H3.